The highest BCUT2D eigenvalue weighted by molar-refractivity contribution is 5.26. The molecule has 0 aliphatic heterocycles. The van der Waals surface area contributed by atoms with Crippen LogP contribution in [0.25, 0.3) is 0 Å². The lowest BCUT2D eigenvalue weighted by atomic mass is 10.2. The van der Waals surface area contributed by atoms with Gasteiger partial charge in [-0.05, 0) is 6.07 Å². The van der Waals surface area contributed by atoms with Gasteiger partial charge in [0.15, 0.2) is 0 Å². The van der Waals surface area contributed by atoms with Gasteiger partial charge >= 0.3 is 0 Å². The fourth-order valence-electron chi connectivity index (χ4n) is 1.61. The molecule has 120 valence electrons. The van der Waals surface area contributed by atoms with Crippen molar-refractivity contribution in [1.29, 1.82) is 0 Å². The van der Waals surface area contributed by atoms with Crippen LogP contribution in [0.15, 0.2) is 12.3 Å². The van der Waals surface area contributed by atoms with E-state index in [1.165, 1.54) is 12.3 Å². The molecule has 0 saturated carbocycles. The van der Waals surface area contributed by atoms with Gasteiger partial charge in [-0.2, -0.15) is 0 Å². The lowest BCUT2D eigenvalue weighted by Gasteiger charge is -2.13. The van der Waals surface area contributed by atoms with Gasteiger partial charge in [-0.1, -0.05) is 13.8 Å². The summed E-state index contributed by atoms with van der Waals surface area (Å²) < 4.78 is 29.1. The Labute approximate surface area is 125 Å². The summed E-state index contributed by atoms with van der Waals surface area (Å²) in [4.78, 5) is 4.01. The number of aromatic nitrogens is 1. The Balaban J connectivity index is 2.35. The molecule has 0 amide bonds. The second kappa shape index (κ2) is 10.5. The largest absolute Gasteiger partial charge is 0.477 e. The molecule has 0 fully saturated rings. The maximum Gasteiger partial charge on any atom is 0.218 e. The van der Waals surface area contributed by atoms with Gasteiger partial charge in [-0.25, -0.2) is 9.37 Å². The molecule has 1 rings (SSSR count). The molecule has 1 aromatic heterocycles. The van der Waals surface area contributed by atoms with Gasteiger partial charge < -0.3 is 19.5 Å². The maximum atomic E-state index is 13.3. The molecular formula is C15H25FN2O3. The molecule has 0 unspecified atom stereocenters. The van der Waals surface area contributed by atoms with Crippen LogP contribution in [-0.2, 0) is 16.0 Å². The molecule has 6 heteroatoms. The quantitative estimate of drug-likeness (QED) is 0.635. The molecule has 1 heterocycles. The van der Waals surface area contributed by atoms with Crippen LogP contribution in [0.1, 0.15) is 25.8 Å². The van der Waals surface area contributed by atoms with Crippen LogP contribution in [0, 0.1) is 5.82 Å². The van der Waals surface area contributed by atoms with Crippen molar-refractivity contribution in [3.8, 4) is 5.88 Å². The average Bonchev–Trinajstić information content (AvgIpc) is 2.45. The topological polar surface area (TPSA) is 52.6 Å². The number of nitrogens with zero attached hydrogens (tertiary/aromatic N) is 1. The van der Waals surface area contributed by atoms with Crippen molar-refractivity contribution in [1.82, 2.24) is 10.3 Å². The average molecular weight is 300 g/mol. The summed E-state index contributed by atoms with van der Waals surface area (Å²) in [5, 5.41) is 3.23. The third-order valence-electron chi connectivity index (χ3n) is 2.70. The van der Waals surface area contributed by atoms with E-state index in [0.717, 1.165) is 12.0 Å². The molecule has 1 aromatic rings. The summed E-state index contributed by atoms with van der Waals surface area (Å²) in [5.41, 5.74) is 0.726. The first kappa shape index (κ1) is 17.8. The fourth-order valence-corrected chi connectivity index (χ4v) is 1.61. The van der Waals surface area contributed by atoms with Crippen LogP contribution >= 0.6 is 0 Å². The Morgan fingerprint density at radius 3 is 2.76 bits per heavy atom. The van der Waals surface area contributed by atoms with E-state index in [1.807, 2.05) is 13.8 Å². The number of rotatable bonds is 11. The van der Waals surface area contributed by atoms with Crippen molar-refractivity contribution in [3.63, 3.8) is 0 Å². The zero-order valence-corrected chi connectivity index (χ0v) is 13.0. The summed E-state index contributed by atoms with van der Waals surface area (Å²) in [6.07, 6.45) is 1.92. The van der Waals surface area contributed by atoms with E-state index < -0.39 is 0 Å². The molecule has 0 aliphatic rings. The summed E-state index contributed by atoms with van der Waals surface area (Å²) in [5.74, 6) is 0.118. The number of methoxy groups -OCH3 is 1. The van der Waals surface area contributed by atoms with E-state index in [2.05, 4.69) is 10.3 Å². The molecule has 0 radical (unpaired) electrons. The minimum Gasteiger partial charge on any atom is -0.477 e. The predicted octanol–water partition coefficient (Wildman–Crippen LogP) is 2.15. The van der Waals surface area contributed by atoms with Gasteiger partial charge in [0.25, 0.3) is 0 Å². The summed E-state index contributed by atoms with van der Waals surface area (Å²) in [6.45, 7) is 6.85. The Morgan fingerprint density at radius 2 is 2.05 bits per heavy atom. The van der Waals surface area contributed by atoms with Gasteiger partial charge in [-0.15, -0.1) is 0 Å². The highest BCUT2D eigenvalue weighted by atomic mass is 19.1. The molecule has 0 aliphatic carbocycles. The normalized spacial score (nSPS) is 11.1. The first-order chi connectivity index (χ1) is 10.1. The number of hydrogen-bond donors (Lipinski definition) is 1. The van der Waals surface area contributed by atoms with Crippen molar-refractivity contribution >= 4 is 0 Å². The van der Waals surface area contributed by atoms with Crippen LogP contribution in [0.2, 0.25) is 0 Å². The summed E-state index contributed by atoms with van der Waals surface area (Å²) >= 11 is 0. The van der Waals surface area contributed by atoms with Gasteiger partial charge in [0.2, 0.25) is 5.88 Å². The number of pyridine rings is 1. The summed E-state index contributed by atoms with van der Waals surface area (Å²) in [7, 11) is 1.64. The number of halogens is 1. The highest BCUT2D eigenvalue weighted by Crippen LogP contribution is 2.16. The zero-order valence-electron chi connectivity index (χ0n) is 13.0. The van der Waals surface area contributed by atoms with Crippen molar-refractivity contribution in [2.75, 3.05) is 33.5 Å². The predicted molar refractivity (Wildman–Crippen MR) is 79.0 cm³/mol. The van der Waals surface area contributed by atoms with E-state index in [9.17, 15) is 4.39 Å². The van der Waals surface area contributed by atoms with Gasteiger partial charge in [-0.3, -0.25) is 0 Å². The number of hydrogen-bond acceptors (Lipinski definition) is 5. The van der Waals surface area contributed by atoms with Crippen molar-refractivity contribution in [2.45, 2.75) is 32.9 Å². The Bertz CT molecular complexity index is 403. The van der Waals surface area contributed by atoms with Crippen molar-refractivity contribution in [3.05, 3.63) is 23.6 Å². The molecule has 0 atom stereocenters. The maximum absolute atomic E-state index is 13.3. The Hall–Kier alpha value is -1.24. The van der Waals surface area contributed by atoms with E-state index in [-0.39, 0.29) is 5.82 Å². The molecule has 21 heavy (non-hydrogen) atoms. The van der Waals surface area contributed by atoms with Crippen molar-refractivity contribution in [2.24, 2.45) is 0 Å². The van der Waals surface area contributed by atoms with Gasteiger partial charge in [0.05, 0.1) is 26.0 Å². The van der Waals surface area contributed by atoms with E-state index in [0.29, 0.717) is 44.9 Å². The van der Waals surface area contributed by atoms with Gasteiger partial charge in [0.1, 0.15) is 5.82 Å². The summed E-state index contributed by atoms with van der Waals surface area (Å²) in [6, 6.07) is 1.77. The van der Waals surface area contributed by atoms with Crippen LogP contribution in [-0.4, -0.2) is 44.6 Å². The van der Waals surface area contributed by atoms with E-state index in [1.54, 1.807) is 7.11 Å². The standard InChI is InChI=1S/C15H25FN2O3/c1-12(2)17-10-13-9-14(16)11-18-15(13)21-6-4-5-20-8-7-19-3/h9,11-12,17H,4-8,10H2,1-3H3. The molecule has 0 aromatic carbocycles. The minimum atomic E-state index is -0.356. The van der Waals surface area contributed by atoms with Crippen LogP contribution < -0.4 is 10.1 Å². The SMILES string of the molecule is COCCOCCCOc1ncc(F)cc1CNC(C)C. The molecule has 1 N–H and O–H groups in total. The zero-order chi connectivity index (χ0) is 15.5. The van der Waals surface area contributed by atoms with Gasteiger partial charge in [0, 0.05) is 38.3 Å². The molecule has 0 saturated heterocycles. The highest BCUT2D eigenvalue weighted by Gasteiger charge is 2.08. The minimum absolute atomic E-state index is 0.315. The lowest BCUT2D eigenvalue weighted by molar-refractivity contribution is 0.0641. The molecule has 0 spiro atoms. The van der Waals surface area contributed by atoms with Crippen molar-refractivity contribution < 1.29 is 18.6 Å². The van der Waals surface area contributed by atoms with Crippen LogP contribution in [0.5, 0.6) is 5.88 Å². The first-order valence-electron chi connectivity index (χ1n) is 7.20. The smallest absolute Gasteiger partial charge is 0.218 e. The second-order valence-corrected chi connectivity index (χ2v) is 4.96. The van der Waals surface area contributed by atoms with E-state index in [4.69, 9.17) is 14.2 Å². The molecular weight excluding hydrogens is 275 g/mol. The second-order valence-electron chi connectivity index (χ2n) is 4.96. The fraction of sp³-hybridized carbons (Fsp3) is 0.667. The number of ether oxygens (including phenoxy) is 3. The Morgan fingerprint density at radius 1 is 1.24 bits per heavy atom. The van der Waals surface area contributed by atoms with Crippen LogP contribution in [0.3, 0.4) is 0 Å². The lowest BCUT2D eigenvalue weighted by Crippen LogP contribution is -2.22. The molecule has 0 bridgehead atoms. The third kappa shape index (κ3) is 7.94. The van der Waals surface area contributed by atoms with E-state index >= 15 is 0 Å². The monoisotopic (exact) mass is 300 g/mol. The Kier molecular flexibility index (Phi) is 8.89. The number of nitrogens with one attached hydrogen (secondary N) is 1. The first-order valence-corrected chi connectivity index (χ1v) is 7.20. The van der Waals surface area contributed by atoms with Crippen LogP contribution in [0.4, 0.5) is 4.39 Å². The third-order valence-corrected chi connectivity index (χ3v) is 2.70. The molecule has 5 nitrogen and oxygen atoms in total.